The summed E-state index contributed by atoms with van der Waals surface area (Å²) in [6, 6.07) is 2.72. The second kappa shape index (κ2) is 8.10. The van der Waals surface area contributed by atoms with E-state index < -0.39 is 0 Å². The molecule has 2 fully saturated rings. The molecule has 1 aliphatic carbocycles. The van der Waals surface area contributed by atoms with Gasteiger partial charge >= 0.3 is 6.03 Å². The quantitative estimate of drug-likeness (QED) is 0.687. The van der Waals surface area contributed by atoms with Gasteiger partial charge in [0.15, 0.2) is 0 Å². The van der Waals surface area contributed by atoms with Gasteiger partial charge in [0.05, 0.1) is 0 Å². The summed E-state index contributed by atoms with van der Waals surface area (Å²) in [7, 11) is 0. The maximum Gasteiger partial charge on any atom is 0.315 e. The summed E-state index contributed by atoms with van der Waals surface area (Å²) in [5, 5.41) is 9.02. The molecule has 1 aromatic heterocycles. The van der Waals surface area contributed by atoms with Crippen molar-refractivity contribution in [2.75, 3.05) is 31.5 Å². The monoisotopic (exact) mass is 318 g/mol. The van der Waals surface area contributed by atoms with E-state index in [-0.39, 0.29) is 12.1 Å². The van der Waals surface area contributed by atoms with E-state index in [4.69, 9.17) is 0 Å². The van der Waals surface area contributed by atoms with E-state index in [0.717, 1.165) is 25.6 Å². The highest BCUT2D eigenvalue weighted by Crippen LogP contribution is 2.26. The topological polar surface area (TPSA) is 82.2 Å². The van der Waals surface area contributed by atoms with E-state index in [1.54, 1.807) is 18.5 Å². The third kappa shape index (κ3) is 4.79. The Morgan fingerprint density at radius 1 is 1.17 bits per heavy atom. The molecule has 0 unspecified atom stereocenters. The highest BCUT2D eigenvalue weighted by atomic mass is 16.2. The van der Waals surface area contributed by atoms with Gasteiger partial charge in [-0.15, -0.1) is 0 Å². The fraction of sp³-hybridized carbons (Fsp3) is 0.688. The molecule has 3 N–H and O–H groups in total. The number of amides is 2. The zero-order chi connectivity index (χ0) is 15.9. The second-order valence-corrected chi connectivity index (χ2v) is 6.32. The number of carbonyl (C=O) groups excluding carboxylic acids is 1. The lowest BCUT2D eigenvalue weighted by atomic mass is 10.2. The number of nitrogens with zero attached hydrogens (tertiary/aromatic N) is 3. The number of urea groups is 1. The molecular weight excluding hydrogens is 292 g/mol. The number of aromatic nitrogens is 2. The van der Waals surface area contributed by atoms with Gasteiger partial charge in [0, 0.05) is 50.7 Å². The number of carbonyl (C=O) groups is 1. The maximum absolute atomic E-state index is 11.9. The van der Waals surface area contributed by atoms with Gasteiger partial charge in [-0.3, -0.25) is 4.90 Å². The molecular formula is C16H26N6O. The van der Waals surface area contributed by atoms with Gasteiger partial charge in [0.1, 0.15) is 0 Å². The molecule has 1 atom stereocenters. The minimum atomic E-state index is -0.0842. The highest BCUT2D eigenvalue weighted by Gasteiger charge is 2.30. The summed E-state index contributed by atoms with van der Waals surface area (Å²) >= 11 is 0. The molecule has 7 nitrogen and oxygen atoms in total. The van der Waals surface area contributed by atoms with Gasteiger partial charge in [0.2, 0.25) is 5.95 Å². The Labute approximate surface area is 137 Å². The van der Waals surface area contributed by atoms with E-state index in [0.29, 0.717) is 19.0 Å². The zero-order valence-corrected chi connectivity index (χ0v) is 13.5. The molecule has 7 heteroatoms. The molecule has 2 heterocycles. The van der Waals surface area contributed by atoms with Crippen molar-refractivity contribution in [1.29, 1.82) is 0 Å². The van der Waals surface area contributed by atoms with Crippen molar-refractivity contribution in [3.05, 3.63) is 18.5 Å². The van der Waals surface area contributed by atoms with Gasteiger partial charge in [-0.1, -0.05) is 12.8 Å². The number of rotatable bonds is 6. The van der Waals surface area contributed by atoms with Crippen LogP contribution in [0.3, 0.4) is 0 Å². The van der Waals surface area contributed by atoms with Crippen molar-refractivity contribution in [1.82, 2.24) is 25.5 Å². The SMILES string of the molecule is O=C(NCCNc1ncccn1)N[C@@H]1CCN(C2CCCC2)C1. The lowest BCUT2D eigenvalue weighted by Crippen LogP contribution is -2.45. The van der Waals surface area contributed by atoms with Crippen LogP contribution in [0.5, 0.6) is 0 Å². The van der Waals surface area contributed by atoms with Crippen LogP contribution < -0.4 is 16.0 Å². The van der Waals surface area contributed by atoms with Gasteiger partial charge < -0.3 is 16.0 Å². The highest BCUT2D eigenvalue weighted by molar-refractivity contribution is 5.74. The maximum atomic E-state index is 11.9. The van der Waals surface area contributed by atoms with Gasteiger partial charge in [-0.05, 0) is 25.3 Å². The molecule has 1 aliphatic heterocycles. The third-order valence-corrected chi connectivity index (χ3v) is 4.66. The van der Waals surface area contributed by atoms with E-state index >= 15 is 0 Å². The Balaban J connectivity index is 1.29. The van der Waals surface area contributed by atoms with Crippen LogP contribution >= 0.6 is 0 Å². The smallest absolute Gasteiger partial charge is 0.315 e. The van der Waals surface area contributed by atoms with Crippen LogP contribution in [0.2, 0.25) is 0 Å². The molecule has 1 aromatic rings. The van der Waals surface area contributed by atoms with Crippen molar-refractivity contribution in [3.63, 3.8) is 0 Å². The molecule has 0 spiro atoms. The van der Waals surface area contributed by atoms with Gasteiger partial charge in [-0.25, -0.2) is 14.8 Å². The van der Waals surface area contributed by atoms with Crippen molar-refractivity contribution in [2.24, 2.45) is 0 Å². The fourth-order valence-corrected chi connectivity index (χ4v) is 3.48. The first kappa shape index (κ1) is 16.0. The number of hydrogen-bond donors (Lipinski definition) is 3. The average Bonchev–Trinajstić information content (AvgIpc) is 3.24. The number of nitrogens with one attached hydrogen (secondary N) is 3. The first-order chi connectivity index (χ1) is 11.3. The van der Waals surface area contributed by atoms with Crippen LogP contribution in [0, 0.1) is 0 Å². The summed E-state index contributed by atoms with van der Waals surface area (Å²) in [6.45, 7) is 3.26. The third-order valence-electron chi connectivity index (χ3n) is 4.66. The van der Waals surface area contributed by atoms with Crippen molar-refractivity contribution < 1.29 is 4.79 Å². The Morgan fingerprint density at radius 2 is 1.96 bits per heavy atom. The summed E-state index contributed by atoms with van der Waals surface area (Å²) in [5.41, 5.74) is 0. The Bertz CT molecular complexity index is 491. The molecule has 1 saturated carbocycles. The predicted octanol–water partition coefficient (Wildman–Crippen LogP) is 1.20. The number of likely N-dealkylation sites (tertiary alicyclic amines) is 1. The fourth-order valence-electron chi connectivity index (χ4n) is 3.48. The largest absolute Gasteiger partial charge is 0.352 e. The van der Waals surface area contributed by atoms with E-state index in [1.165, 1.54) is 25.7 Å². The van der Waals surface area contributed by atoms with Crippen LogP contribution in [0.4, 0.5) is 10.7 Å². The van der Waals surface area contributed by atoms with E-state index in [2.05, 4.69) is 30.8 Å². The molecule has 3 rings (SSSR count). The van der Waals surface area contributed by atoms with Gasteiger partial charge in [-0.2, -0.15) is 0 Å². The molecule has 23 heavy (non-hydrogen) atoms. The molecule has 2 aliphatic rings. The first-order valence-electron chi connectivity index (χ1n) is 8.60. The first-order valence-corrected chi connectivity index (χ1v) is 8.60. The lowest BCUT2D eigenvalue weighted by Gasteiger charge is -2.23. The van der Waals surface area contributed by atoms with Crippen molar-refractivity contribution in [3.8, 4) is 0 Å². The Kier molecular flexibility index (Phi) is 5.63. The van der Waals surface area contributed by atoms with Crippen LogP contribution in [0.25, 0.3) is 0 Å². The minimum absolute atomic E-state index is 0.0842. The van der Waals surface area contributed by atoms with Gasteiger partial charge in [0.25, 0.3) is 0 Å². The Hall–Kier alpha value is -1.89. The summed E-state index contributed by atoms with van der Waals surface area (Å²) in [6.07, 6.45) is 9.80. The number of anilines is 1. The summed E-state index contributed by atoms with van der Waals surface area (Å²) in [4.78, 5) is 22.6. The summed E-state index contributed by atoms with van der Waals surface area (Å²) < 4.78 is 0. The zero-order valence-electron chi connectivity index (χ0n) is 13.5. The average molecular weight is 318 g/mol. The van der Waals surface area contributed by atoms with Crippen molar-refractivity contribution in [2.45, 2.75) is 44.2 Å². The van der Waals surface area contributed by atoms with Crippen LogP contribution in [0.15, 0.2) is 18.5 Å². The summed E-state index contributed by atoms with van der Waals surface area (Å²) in [5.74, 6) is 0.581. The van der Waals surface area contributed by atoms with E-state index in [1.807, 2.05) is 0 Å². The number of hydrogen-bond acceptors (Lipinski definition) is 5. The van der Waals surface area contributed by atoms with Crippen LogP contribution in [-0.2, 0) is 0 Å². The second-order valence-electron chi connectivity index (χ2n) is 6.32. The van der Waals surface area contributed by atoms with Crippen LogP contribution in [-0.4, -0.2) is 59.2 Å². The molecule has 126 valence electrons. The van der Waals surface area contributed by atoms with Crippen molar-refractivity contribution >= 4 is 12.0 Å². The molecule has 0 bridgehead atoms. The predicted molar refractivity (Wildman–Crippen MR) is 89.3 cm³/mol. The van der Waals surface area contributed by atoms with Crippen LogP contribution in [0.1, 0.15) is 32.1 Å². The molecule has 2 amide bonds. The molecule has 0 radical (unpaired) electrons. The molecule has 1 saturated heterocycles. The standard InChI is InChI=1S/C16H26N6O/c23-16(20-10-9-19-15-17-7-3-8-18-15)21-13-6-11-22(12-13)14-4-1-2-5-14/h3,7-8,13-14H,1-2,4-6,9-12H2,(H,17,18,19)(H2,20,21,23)/t13-/m1/s1. The molecule has 0 aromatic carbocycles. The minimum Gasteiger partial charge on any atom is -0.352 e. The normalized spacial score (nSPS) is 22.2. The van der Waals surface area contributed by atoms with E-state index in [9.17, 15) is 4.79 Å². The lowest BCUT2D eigenvalue weighted by molar-refractivity contribution is 0.228. The Morgan fingerprint density at radius 3 is 2.74 bits per heavy atom.